The van der Waals surface area contributed by atoms with Crippen molar-refractivity contribution in [3.05, 3.63) is 29.8 Å². The zero-order chi connectivity index (χ0) is 15.8. The molecular weight excluding hydrogens is 276 g/mol. The Labute approximate surface area is 122 Å². The Morgan fingerprint density at radius 2 is 2.05 bits per heavy atom. The minimum atomic E-state index is -0.573. The van der Waals surface area contributed by atoms with E-state index in [4.69, 9.17) is 10.5 Å². The van der Waals surface area contributed by atoms with Gasteiger partial charge in [0.1, 0.15) is 5.75 Å². The first-order valence-electron chi connectivity index (χ1n) is 6.31. The first-order valence-corrected chi connectivity index (χ1v) is 6.31. The highest BCUT2D eigenvalue weighted by atomic mass is 16.5. The lowest BCUT2D eigenvalue weighted by atomic mass is 10.2. The second-order valence-corrected chi connectivity index (χ2v) is 4.43. The van der Waals surface area contributed by atoms with E-state index < -0.39 is 11.9 Å². The molecule has 7 heteroatoms. The van der Waals surface area contributed by atoms with E-state index in [0.29, 0.717) is 11.3 Å². The Balaban J connectivity index is 2.44. The van der Waals surface area contributed by atoms with Gasteiger partial charge in [-0.3, -0.25) is 14.4 Å². The van der Waals surface area contributed by atoms with Gasteiger partial charge in [0.2, 0.25) is 5.91 Å². The number of hydrogen-bond acceptors (Lipinski definition) is 5. The number of benzene rings is 1. The minimum absolute atomic E-state index is 0.0827. The Morgan fingerprint density at radius 1 is 1.33 bits per heavy atom. The van der Waals surface area contributed by atoms with Crippen LogP contribution in [0.25, 0.3) is 0 Å². The van der Waals surface area contributed by atoms with Gasteiger partial charge in [-0.05, 0) is 25.1 Å². The number of amides is 2. The molecule has 0 unspecified atom stereocenters. The van der Waals surface area contributed by atoms with Crippen molar-refractivity contribution >= 4 is 17.8 Å². The first-order chi connectivity index (χ1) is 9.92. The Hall–Kier alpha value is -2.57. The molecule has 1 aromatic rings. The Kier molecular flexibility index (Phi) is 6.19. The summed E-state index contributed by atoms with van der Waals surface area (Å²) in [5, 5.41) is 2.60. The SMILES string of the molecule is COC(=O)C[C@@H](C)NC(=O)COc1cccc(C(N)=O)c1. The zero-order valence-corrected chi connectivity index (χ0v) is 11.9. The monoisotopic (exact) mass is 294 g/mol. The van der Waals surface area contributed by atoms with Gasteiger partial charge in [-0.25, -0.2) is 0 Å². The second kappa shape index (κ2) is 7.88. The third kappa shape index (κ3) is 5.94. The summed E-state index contributed by atoms with van der Waals surface area (Å²) in [4.78, 5) is 33.7. The average molecular weight is 294 g/mol. The standard InChI is InChI=1S/C14H18N2O5/c1-9(6-13(18)20-2)16-12(17)8-21-11-5-3-4-10(7-11)14(15)19/h3-5,7,9H,6,8H2,1-2H3,(H2,15,19)(H,16,17)/t9-/m1/s1. The van der Waals surface area contributed by atoms with Crippen LogP contribution < -0.4 is 15.8 Å². The summed E-state index contributed by atoms with van der Waals surface area (Å²) in [7, 11) is 1.28. The van der Waals surface area contributed by atoms with Crippen LogP contribution in [0.2, 0.25) is 0 Å². The van der Waals surface area contributed by atoms with Crippen LogP contribution >= 0.6 is 0 Å². The van der Waals surface area contributed by atoms with E-state index in [-0.39, 0.29) is 25.0 Å². The number of esters is 1. The summed E-state index contributed by atoms with van der Waals surface area (Å²) in [5.74, 6) is -0.993. The Morgan fingerprint density at radius 3 is 2.67 bits per heavy atom. The Bertz CT molecular complexity index is 530. The largest absolute Gasteiger partial charge is 0.484 e. The molecule has 0 spiro atoms. The van der Waals surface area contributed by atoms with E-state index in [1.165, 1.54) is 13.2 Å². The van der Waals surface area contributed by atoms with Gasteiger partial charge in [0, 0.05) is 11.6 Å². The molecule has 2 amide bonds. The smallest absolute Gasteiger partial charge is 0.307 e. The van der Waals surface area contributed by atoms with E-state index >= 15 is 0 Å². The predicted octanol–water partition coefficient (Wildman–Crippen LogP) is 0.232. The summed E-state index contributed by atoms with van der Waals surface area (Å²) in [6.07, 6.45) is 0.0827. The van der Waals surface area contributed by atoms with Crippen LogP contribution in [-0.2, 0) is 14.3 Å². The lowest BCUT2D eigenvalue weighted by molar-refractivity contribution is -0.141. The zero-order valence-electron chi connectivity index (χ0n) is 11.9. The van der Waals surface area contributed by atoms with Crippen LogP contribution in [-0.4, -0.2) is 37.5 Å². The van der Waals surface area contributed by atoms with Crippen molar-refractivity contribution < 1.29 is 23.9 Å². The fourth-order valence-electron chi connectivity index (χ4n) is 1.59. The molecular formula is C14H18N2O5. The molecule has 1 aromatic carbocycles. The van der Waals surface area contributed by atoms with Gasteiger partial charge in [-0.15, -0.1) is 0 Å². The molecule has 1 rings (SSSR count). The van der Waals surface area contributed by atoms with Crippen molar-refractivity contribution in [1.29, 1.82) is 0 Å². The molecule has 0 saturated carbocycles. The van der Waals surface area contributed by atoms with E-state index in [2.05, 4.69) is 10.1 Å². The summed E-state index contributed by atoms with van der Waals surface area (Å²) < 4.78 is 9.76. The van der Waals surface area contributed by atoms with Crippen molar-refractivity contribution in [3.8, 4) is 5.75 Å². The molecule has 1 atom stereocenters. The molecule has 0 aromatic heterocycles. The number of ether oxygens (including phenoxy) is 2. The molecule has 0 saturated heterocycles. The van der Waals surface area contributed by atoms with Crippen LogP contribution in [0, 0.1) is 0 Å². The lowest BCUT2D eigenvalue weighted by Crippen LogP contribution is -2.37. The summed E-state index contributed by atoms with van der Waals surface area (Å²) >= 11 is 0. The van der Waals surface area contributed by atoms with Crippen molar-refractivity contribution in [2.45, 2.75) is 19.4 Å². The first kappa shape index (κ1) is 16.5. The van der Waals surface area contributed by atoms with E-state index in [0.717, 1.165) is 0 Å². The number of primary amides is 1. The predicted molar refractivity (Wildman–Crippen MR) is 74.7 cm³/mol. The third-order valence-electron chi connectivity index (χ3n) is 2.60. The molecule has 0 aliphatic heterocycles. The number of hydrogen-bond donors (Lipinski definition) is 2. The van der Waals surface area contributed by atoms with Gasteiger partial charge >= 0.3 is 5.97 Å². The van der Waals surface area contributed by atoms with Crippen LogP contribution in [0.5, 0.6) is 5.75 Å². The van der Waals surface area contributed by atoms with E-state index in [1.807, 2.05) is 0 Å². The average Bonchev–Trinajstić information content (AvgIpc) is 2.45. The maximum absolute atomic E-state index is 11.6. The van der Waals surface area contributed by atoms with Gasteiger partial charge < -0.3 is 20.5 Å². The minimum Gasteiger partial charge on any atom is -0.484 e. The van der Waals surface area contributed by atoms with Gasteiger partial charge in [0.25, 0.3) is 5.91 Å². The van der Waals surface area contributed by atoms with Crippen LogP contribution in [0.15, 0.2) is 24.3 Å². The third-order valence-corrected chi connectivity index (χ3v) is 2.60. The highest BCUT2D eigenvalue weighted by Crippen LogP contribution is 2.12. The fourth-order valence-corrected chi connectivity index (χ4v) is 1.59. The second-order valence-electron chi connectivity index (χ2n) is 4.43. The van der Waals surface area contributed by atoms with Gasteiger partial charge in [0.15, 0.2) is 6.61 Å². The molecule has 0 bridgehead atoms. The van der Waals surface area contributed by atoms with Gasteiger partial charge in [0.05, 0.1) is 13.5 Å². The van der Waals surface area contributed by atoms with Crippen LogP contribution in [0.4, 0.5) is 0 Å². The number of carbonyl (C=O) groups excluding carboxylic acids is 3. The van der Waals surface area contributed by atoms with Gasteiger partial charge in [-0.2, -0.15) is 0 Å². The van der Waals surface area contributed by atoms with E-state index in [9.17, 15) is 14.4 Å². The molecule has 0 aliphatic rings. The van der Waals surface area contributed by atoms with E-state index in [1.54, 1.807) is 25.1 Å². The summed E-state index contributed by atoms with van der Waals surface area (Å²) in [6.45, 7) is 1.45. The number of carbonyl (C=O) groups is 3. The van der Waals surface area contributed by atoms with Crippen LogP contribution in [0.1, 0.15) is 23.7 Å². The summed E-state index contributed by atoms with van der Waals surface area (Å²) in [5.41, 5.74) is 5.44. The van der Waals surface area contributed by atoms with Crippen molar-refractivity contribution in [3.63, 3.8) is 0 Å². The lowest BCUT2D eigenvalue weighted by Gasteiger charge is -2.13. The molecule has 21 heavy (non-hydrogen) atoms. The normalized spacial score (nSPS) is 11.3. The quantitative estimate of drug-likeness (QED) is 0.700. The molecule has 0 heterocycles. The number of methoxy groups -OCH3 is 1. The highest BCUT2D eigenvalue weighted by Gasteiger charge is 2.12. The molecule has 7 nitrogen and oxygen atoms in total. The maximum Gasteiger partial charge on any atom is 0.307 e. The molecule has 3 N–H and O–H groups in total. The molecule has 0 fully saturated rings. The molecule has 0 radical (unpaired) electrons. The van der Waals surface area contributed by atoms with Crippen molar-refractivity contribution in [2.75, 3.05) is 13.7 Å². The maximum atomic E-state index is 11.6. The number of nitrogens with one attached hydrogen (secondary N) is 1. The van der Waals surface area contributed by atoms with Crippen molar-refractivity contribution in [1.82, 2.24) is 5.32 Å². The van der Waals surface area contributed by atoms with Crippen molar-refractivity contribution in [2.24, 2.45) is 5.73 Å². The highest BCUT2D eigenvalue weighted by molar-refractivity contribution is 5.93. The molecule has 0 aliphatic carbocycles. The topological polar surface area (TPSA) is 108 Å². The number of nitrogens with two attached hydrogens (primary N) is 1. The number of rotatable bonds is 7. The van der Waals surface area contributed by atoms with Crippen LogP contribution in [0.3, 0.4) is 0 Å². The van der Waals surface area contributed by atoms with Gasteiger partial charge in [-0.1, -0.05) is 6.07 Å². The summed E-state index contributed by atoms with van der Waals surface area (Å²) in [6, 6.07) is 5.86. The molecule has 114 valence electrons. The fraction of sp³-hybridized carbons (Fsp3) is 0.357.